The van der Waals surface area contributed by atoms with Crippen LogP contribution in [0.1, 0.15) is 19.8 Å². The quantitative estimate of drug-likeness (QED) is 0.792. The van der Waals surface area contributed by atoms with Gasteiger partial charge in [-0.3, -0.25) is 4.79 Å². The van der Waals surface area contributed by atoms with E-state index in [2.05, 4.69) is 5.32 Å². The molecule has 0 aliphatic rings. The predicted octanol–water partition coefficient (Wildman–Crippen LogP) is 2.02. The molecule has 3 N–H and O–H groups in total. The van der Waals surface area contributed by atoms with Crippen molar-refractivity contribution in [3.8, 4) is 11.5 Å². The molecule has 0 aromatic heterocycles. The minimum Gasteiger partial charge on any atom is -0.493 e. The molecule has 0 bridgehead atoms. The fourth-order valence-electron chi connectivity index (χ4n) is 1.73. The number of carbonyl (C=O) groups is 1. The van der Waals surface area contributed by atoms with Gasteiger partial charge in [0.2, 0.25) is 5.91 Å². The highest BCUT2D eigenvalue weighted by molar-refractivity contribution is 5.92. The van der Waals surface area contributed by atoms with E-state index < -0.39 is 0 Å². The van der Waals surface area contributed by atoms with Crippen molar-refractivity contribution in [3.63, 3.8) is 0 Å². The maximum atomic E-state index is 11.9. The fourth-order valence-corrected chi connectivity index (χ4v) is 1.73. The zero-order valence-electron chi connectivity index (χ0n) is 11.7. The normalized spacial score (nSPS) is 11.8. The molecule has 0 saturated carbocycles. The third-order valence-electron chi connectivity index (χ3n) is 2.94. The van der Waals surface area contributed by atoms with Gasteiger partial charge in [0.25, 0.3) is 0 Å². The molecule has 1 aromatic rings. The Morgan fingerprint density at radius 2 is 2.00 bits per heavy atom. The van der Waals surface area contributed by atoms with E-state index in [0.717, 1.165) is 12.8 Å². The Morgan fingerprint density at radius 3 is 2.58 bits per heavy atom. The van der Waals surface area contributed by atoms with Crippen molar-refractivity contribution in [2.45, 2.75) is 19.8 Å². The van der Waals surface area contributed by atoms with E-state index >= 15 is 0 Å². The number of nitrogens with two attached hydrogens (primary N) is 1. The molecule has 5 nitrogen and oxygen atoms in total. The topological polar surface area (TPSA) is 73.6 Å². The number of carbonyl (C=O) groups excluding carboxylic acids is 1. The van der Waals surface area contributed by atoms with Gasteiger partial charge in [-0.1, -0.05) is 6.92 Å². The Kier molecular flexibility index (Phi) is 6.15. The Hall–Kier alpha value is -1.75. The standard InChI is InChI=1S/C14H22N2O3/c1-10(5-4-8-15)14(17)16-11-6-7-12(18-2)13(9-11)19-3/h6-7,9-10H,4-5,8,15H2,1-3H3,(H,16,17). The number of benzene rings is 1. The molecule has 0 heterocycles. The largest absolute Gasteiger partial charge is 0.493 e. The molecule has 5 heteroatoms. The summed E-state index contributed by atoms with van der Waals surface area (Å²) in [5.41, 5.74) is 6.13. The van der Waals surface area contributed by atoms with Crippen LogP contribution in [0.3, 0.4) is 0 Å². The summed E-state index contributed by atoms with van der Waals surface area (Å²) in [6.45, 7) is 2.50. The number of methoxy groups -OCH3 is 2. The van der Waals surface area contributed by atoms with Gasteiger partial charge < -0.3 is 20.5 Å². The van der Waals surface area contributed by atoms with Gasteiger partial charge >= 0.3 is 0 Å². The molecular weight excluding hydrogens is 244 g/mol. The van der Waals surface area contributed by atoms with E-state index in [1.807, 2.05) is 6.92 Å². The predicted molar refractivity (Wildman–Crippen MR) is 75.6 cm³/mol. The molecule has 0 radical (unpaired) electrons. The first kappa shape index (κ1) is 15.3. The molecule has 0 saturated heterocycles. The van der Waals surface area contributed by atoms with E-state index in [1.54, 1.807) is 32.4 Å². The van der Waals surface area contributed by atoms with Crippen molar-refractivity contribution in [2.75, 3.05) is 26.1 Å². The van der Waals surface area contributed by atoms with Crippen LogP contribution in [0.15, 0.2) is 18.2 Å². The summed E-state index contributed by atoms with van der Waals surface area (Å²) in [6, 6.07) is 5.29. The SMILES string of the molecule is COc1ccc(NC(=O)C(C)CCCN)cc1OC. The molecule has 1 atom stereocenters. The number of hydrogen-bond donors (Lipinski definition) is 2. The Labute approximate surface area is 114 Å². The van der Waals surface area contributed by atoms with Crippen LogP contribution in [0.4, 0.5) is 5.69 Å². The second-order valence-electron chi connectivity index (χ2n) is 4.39. The average Bonchev–Trinajstić information content (AvgIpc) is 2.44. The summed E-state index contributed by atoms with van der Waals surface area (Å²) in [5, 5.41) is 2.86. The molecular formula is C14H22N2O3. The first-order valence-electron chi connectivity index (χ1n) is 6.35. The summed E-state index contributed by atoms with van der Waals surface area (Å²) in [7, 11) is 3.14. The summed E-state index contributed by atoms with van der Waals surface area (Å²) in [4.78, 5) is 11.9. The van der Waals surface area contributed by atoms with Gasteiger partial charge in [0.1, 0.15) is 0 Å². The highest BCUT2D eigenvalue weighted by Crippen LogP contribution is 2.29. The highest BCUT2D eigenvalue weighted by Gasteiger charge is 2.13. The third kappa shape index (κ3) is 4.44. The van der Waals surface area contributed by atoms with Crippen molar-refractivity contribution in [3.05, 3.63) is 18.2 Å². The van der Waals surface area contributed by atoms with Gasteiger partial charge in [0.05, 0.1) is 14.2 Å². The molecule has 0 fully saturated rings. The van der Waals surface area contributed by atoms with Gasteiger partial charge in [0.15, 0.2) is 11.5 Å². The molecule has 1 unspecified atom stereocenters. The molecule has 106 valence electrons. The Bertz CT molecular complexity index is 421. The van der Waals surface area contributed by atoms with Crippen molar-refractivity contribution in [1.29, 1.82) is 0 Å². The van der Waals surface area contributed by atoms with E-state index in [9.17, 15) is 4.79 Å². The van der Waals surface area contributed by atoms with Crippen molar-refractivity contribution >= 4 is 11.6 Å². The number of hydrogen-bond acceptors (Lipinski definition) is 4. The molecule has 0 aliphatic carbocycles. The van der Waals surface area contributed by atoms with Gasteiger partial charge in [-0.15, -0.1) is 0 Å². The minimum atomic E-state index is -0.0587. The van der Waals surface area contributed by atoms with Crippen LogP contribution in [0.2, 0.25) is 0 Å². The first-order chi connectivity index (χ1) is 9.12. The highest BCUT2D eigenvalue weighted by atomic mass is 16.5. The zero-order valence-corrected chi connectivity index (χ0v) is 11.7. The van der Waals surface area contributed by atoms with Gasteiger partial charge in [-0.2, -0.15) is 0 Å². The van der Waals surface area contributed by atoms with Crippen LogP contribution in [0, 0.1) is 5.92 Å². The molecule has 0 aliphatic heterocycles. The molecule has 1 amide bonds. The number of amides is 1. The van der Waals surface area contributed by atoms with Gasteiger partial charge in [-0.05, 0) is 31.5 Å². The number of rotatable bonds is 7. The van der Waals surface area contributed by atoms with Crippen LogP contribution in [-0.2, 0) is 4.79 Å². The third-order valence-corrected chi connectivity index (χ3v) is 2.94. The summed E-state index contributed by atoms with van der Waals surface area (Å²) in [5.74, 6) is 1.16. The minimum absolute atomic E-state index is 0.0133. The van der Waals surface area contributed by atoms with Crippen LogP contribution in [0.5, 0.6) is 11.5 Å². The second-order valence-corrected chi connectivity index (χ2v) is 4.39. The lowest BCUT2D eigenvalue weighted by Crippen LogP contribution is -2.21. The maximum Gasteiger partial charge on any atom is 0.227 e. The van der Waals surface area contributed by atoms with Crippen LogP contribution >= 0.6 is 0 Å². The zero-order chi connectivity index (χ0) is 14.3. The fraction of sp³-hybridized carbons (Fsp3) is 0.500. The van der Waals surface area contributed by atoms with Crippen molar-refractivity contribution in [1.82, 2.24) is 0 Å². The van der Waals surface area contributed by atoms with E-state index in [-0.39, 0.29) is 11.8 Å². The Balaban J connectivity index is 2.69. The van der Waals surface area contributed by atoms with E-state index in [0.29, 0.717) is 23.7 Å². The van der Waals surface area contributed by atoms with E-state index in [1.165, 1.54) is 0 Å². The van der Waals surface area contributed by atoms with Crippen LogP contribution in [-0.4, -0.2) is 26.7 Å². The van der Waals surface area contributed by atoms with Crippen LogP contribution < -0.4 is 20.5 Å². The number of ether oxygens (including phenoxy) is 2. The number of anilines is 1. The van der Waals surface area contributed by atoms with Crippen LogP contribution in [0.25, 0.3) is 0 Å². The monoisotopic (exact) mass is 266 g/mol. The Morgan fingerprint density at radius 1 is 1.32 bits per heavy atom. The van der Waals surface area contributed by atoms with E-state index in [4.69, 9.17) is 15.2 Å². The van der Waals surface area contributed by atoms with Gasteiger partial charge in [-0.25, -0.2) is 0 Å². The smallest absolute Gasteiger partial charge is 0.227 e. The molecule has 0 spiro atoms. The second kappa shape index (κ2) is 7.63. The van der Waals surface area contributed by atoms with Crippen molar-refractivity contribution < 1.29 is 14.3 Å². The maximum absolute atomic E-state index is 11.9. The summed E-state index contributed by atoms with van der Waals surface area (Å²) >= 11 is 0. The number of nitrogens with one attached hydrogen (secondary N) is 1. The average molecular weight is 266 g/mol. The first-order valence-corrected chi connectivity index (χ1v) is 6.35. The molecule has 1 rings (SSSR count). The lowest BCUT2D eigenvalue weighted by molar-refractivity contribution is -0.119. The van der Waals surface area contributed by atoms with Gasteiger partial charge in [0, 0.05) is 17.7 Å². The summed E-state index contributed by atoms with van der Waals surface area (Å²) < 4.78 is 10.3. The molecule has 1 aromatic carbocycles. The summed E-state index contributed by atoms with van der Waals surface area (Å²) in [6.07, 6.45) is 1.64. The van der Waals surface area contributed by atoms with Crippen molar-refractivity contribution in [2.24, 2.45) is 11.7 Å². The lowest BCUT2D eigenvalue weighted by Gasteiger charge is -2.13. The molecule has 19 heavy (non-hydrogen) atoms. The lowest BCUT2D eigenvalue weighted by atomic mass is 10.0.